The van der Waals surface area contributed by atoms with Crippen LogP contribution in [0.25, 0.3) is 21.6 Å². The van der Waals surface area contributed by atoms with E-state index < -0.39 is 11.6 Å². The number of halogens is 1. The quantitative estimate of drug-likeness (QED) is 0.0888. The molecule has 0 aliphatic heterocycles. The van der Waals surface area contributed by atoms with E-state index in [1.165, 1.54) is 18.2 Å². The van der Waals surface area contributed by atoms with Crippen LogP contribution in [0.15, 0.2) is 76.3 Å². The van der Waals surface area contributed by atoms with E-state index in [2.05, 4.69) is 30.5 Å². The van der Waals surface area contributed by atoms with Crippen molar-refractivity contribution in [1.82, 2.24) is 20.4 Å². The Morgan fingerprint density at radius 2 is 1.79 bits per heavy atom. The molecule has 0 fully saturated rings. The average Bonchev–Trinajstić information content (AvgIpc) is 3.25. The third-order valence-electron chi connectivity index (χ3n) is 5.62. The van der Waals surface area contributed by atoms with Crippen molar-refractivity contribution in [2.75, 3.05) is 11.5 Å². The van der Waals surface area contributed by atoms with E-state index in [0.717, 1.165) is 16.7 Å². The molecule has 1 aromatic carbocycles. The summed E-state index contributed by atoms with van der Waals surface area (Å²) in [6.45, 7) is 5.97. The predicted molar refractivity (Wildman–Crippen MR) is 146 cm³/mol. The summed E-state index contributed by atoms with van der Waals surface area (Å²) in [7, 11) is 0. The van der Waals surface area contributed by atoms with Crippen LogP contribution in [0, 0.1) is 19.7 Å². The van der Waals surface area contributed by atoms with Crippen molar-refractivity contribution in [3.05, 3.63) is 111 Å². The van der Waals surface area contributed by atoms with Crippen LogP contribution in [0.2, 0.25) is 0 Å². The third kappa shape index (κ3) is 7.63. The first kappa shape index (κ1) is 28.4. The maximum Gasteiger partial charge on any atom is 0.190 e. The Hall–Kier alpha value is -5.22. The number of rotatable bonds is 8. The first-order valence-corrected chi connectivity index (χ1v) is 11.8. The lowest BCUT2D eigenvalue weighted by atomic mass is 10.0. The summed E-state index contributed by atoms with van der Waals surface area (Å²) in [4.78, 5) is 22.9. The summed E-state index contributed by atoms with van der Waals surface area (Å²) >= 11 is 0. The maximum absolute atomic E-state index is 14.6. The number of benzene rings is 1. The highest BCUT2D eigenvalue weighted by molar-refractivity contribution is 6.05. The van der Waals surface area contributed by atoms with Gasteiger partial charge in [-0.1, -0.05) is 28.5 Å². The third-order valence-corrected chi connectivity index (χ3v) is 5.62. The molecule has 3 heterocycles. The molecule has 0 saturated carbocycles. The molecule has 200 valence electrons. The fourth-order valence-corrected chi connectivity index (χ4v) is 3.62. The predicted octanol–water partition coefficient (Wildman–Crippen LogP) is 5.43. The van der Waals surface area contributed by atoms with Crippen molar-refractivity contribution in [2.45, 2.75) is 33.9 Å². The minimum absolute atomic E-state index is 0.00227. The number of allylic oxidation sites excluding steroid dienone is 2. The Morgan fingerprint density at radius 1 is 1.13 bits per heavy atom. The second-order valence-electron chi connectivity index (χ2n) is 8.42. The highest BCUT2D eigenvalue weighted by atomic mass is 19.1. The molecule has 0 radical (unpaired) electrons. The van der Waals surface area contributed by atoms with Gasteiger partial charge in [0, 0.05) is 52.3 Å². The van der Waals surface area contributed by atoms with Gasteiger partial charge < -0.3 is 21.3 Å². The molecule has 0 spiro atoms. The lowest BCUT2D eigenvalue weighted by molar-refractivity contribution is 0.104. The molecule has 39 heavy (non-hydrogen) atoms. The molecule has 0 saturated heterocycles. The first-order chi connectivity index (χ1) is 18.7. The molecule has 0 amide bonds. The van der Waals surface area contributed by atoms with Crippen molar-refractivity contribution in [1.29, 1.82) is 0 Å². The zero-order valence-electron chi connectivity index (χ0n) is 21.7. The normalized spacial score (nSPS) is 10.7. The highest BCUT2D eigenvalue weighted by Crippen LogP contribution is 2.28. The number of nitrogens with two attached hydrogens (primary N) is 2. The van der Waals surface area contributed by atoms with Crippen LogP contribution >= 0.6 is 0 Å². The number of ketones is 1. The second-order valence-corrected chi connectivity index (χ2v) is 8.42. The summed E-state index contributed by atoms with van der Waals surface area (Å²) in [5.74, 6) is 0.426. The number of carbonyl (C=O) groups excluding carboxylic acids is 1. The number of anilines is 2. The van der Waals surface area contributed by atoms with Crippen molar-refractivity contribution in [3.8, 4) is 11.1 Å². The Kier molecular flexibility index (Phi) is 9.71. The Labute approximate surface area is 224 Å². The van der Waals surface area contributed by atoms with E-state index in [0.29, 0.717) is 40.9 Å². The van der Waals surface area contributed by atoms with Gasteiger partial charge >= 0.3 is 0 Å². The van der Waals surface area contributed by atoms with E-state index in [4.69, 9.17) is 21.5 Å². The molecular formula is C27H28FN9O2. The van der Waals surface area contributed by atoms with Crippen LogP contribution in [0.4, 0.5) is 16.0 Å². The van der Waals surface area contributed by atoms with Crippen LogP contribution in [0.3, 0.4) is 0 Å². The molecule has 0 bridgehead atoms. The van der Waals surface area contributed by atoms with E-state index in [9.17, 15) is 9.18 Å². The molecule has 0 atom stereocenters. The Bertz CT molecular complexity index is 1520. The van der Waals surface area contributed by atoms with Gasteiger partial charge in [0.1, 0.15) is 23.2 Å². The molecule has 0 unspecified atom stereocenters. The molecule has 4 aromatic rings. The zero-order chi connectivity index (χ0) is 28.4. The van der Waals surface area contributed by atoms with Crippen LogP contribution < -0.4 is 16.8 Å². The number of carbonyl (C=O) groups is 1. The van der Waals surface area contributed by atoms with Crippen molar-refractivity contribution in [3.63, 3.8) is 0 Å². The van der Waals surface area contributed by atoms with Gasteiger partial charge in [0.15, 0.2) is 5.78 Å². The monoisotopic (exact) mass is 529 g/mol. The Balaban J connectivity index is 0.000000320. The molecular weight excluding hydrogens is 501 g/mol. The summed E-state index contributed by atoms with van der Waals surface area (Å²) in [6.07, 6.45) is 4.57. The minimum atomic E-state index is -0.594. The van der Waals surface area contributed by atoms with Gasteiger partial charge in [0.2, 0.25) is 0 Å². The van der Waals surface area contributed by atoms with E-state index in [-0.39, 0.29) is 12.1 Å². The lowest BCUT2D eigenvalue weighted by Crippen LogP contribution is -2.14. The number of aryl methyl sites for hydroxylation is 2. The molecule has 5 N–H and O–H groups in total. The summed E-state index contributed by atoms with van der Waals surface area (Å²) in [6, 6.07) is 11.6. The maximum atomic E-state index is 14.6. The van der Waals surface area contributed by atoms with Gasteiger partial charge in [0.25, 0.3) is 0 Å². The highest BCUT2D eigenvalue weighted by Gasteiger charge is 2.16. The van der Waals surface area contributed by atoms with Crippen molar-refractivity contribution >= 4 is 17.4 Å². The zero-order valence-corrected chi connectivity index (χ0v) is 21.7. The number of nitrogen functional groups attached to an aromatic ring is 2. The topological polar surface area (TPSA) is 182 Å². The molecule has 0 aliphatic carbocycles. The SMILES string of the molecule is C/C(=C/C(=O)c1ccc(-c2c(C)noc2C)cc1F)NCc1cccnc1N.[N-]=[N+]=NCc1cccnc1N. The van der Waals surface area contributed by atoms with Crippen LogP contribution in [0.1, 0.15) is 39.9 Å². The summed E-state index contributed by atoms with van der Waals surface area (Å²) in [5.41, 5.74) is 23.5. The summed E-state index contributed by atoms with van der Waals surface area (Å²) < 4.78 is 19.7. The fraction of sp³-hybridized carbons (Fsp3) is 0.185. The van der Waals surface area contributed by atoms with Gasteiger partial charge in [-0.25, -0.2) is 14.4 Å². The lowest BCUT2D eigenvalue weighted by Gasteiger charge is -2.09. The first-order valence-electron chi connectivity index (χ1n) is 11.8. The second kappa shape index (κ2) is 13.4. The van der Waals surface area contributed by atoms with E-state index in [1.807, 2.05) is 6.07 Å². The fourth-order valence-electron chi connectivity index (χ4n) is 3.62. The average molecular weight is 530 g/mol. The minimum Gasteiger partial charge on any atom is -0.384 e. The van der Waals surface area contributed by atoms with Gasteiger partial charge in [0.05, 0.1) is 17.8 Å². The molecule has 0 aliphatic rings. The van der Waals surface area contributed by atoms with Gasteiger partial charge in [-0.3, -0.25) is 4.79 Å². The molecule has 3 aromatic heterocycles. The molecule has 4 rings (SSSR count). The van der Waals surface area contributed by atoms with Crippen LogP contribution in [-0.4, -0.2) is 20.9 Å². The number of nitrogens with one attached hydrogen (secondary N) is 1. The number of hydrogen-bond acceptors (Lipinski definition) is 9. The van der Waals surface area contributed by atoms with Crippen LogP contribution in [-0.2, 0) is 13.1 Å². The largest absolute Gasteiger partial charge is 0.384 e. The van der Waals surface area contributed by atoms with Gasteiger partial charge in [-0.15, -0.1) is 0 Å². The Morgan fingerprint density at radius 3 is 2.36 bits per heavy atom. The number of azide groups is 1. The molecule has 12 heteroatoms. The van der Waals surface area contributed by atoms with E-state index in [1.54, 1.807) is 57.4 Å². The van der Waals surface area contributed by atoms with Gasteiger partial charge in [-0.2, -0.15) is 0 Å². The van der Waals surface area contributed by atoms with Crippen LogP contribution in [0.5, 0.6) is 0 Å². The number of hydrogen-bond donors (Lipinski definition) is 3. The number of nitrogens with zero attached hydrogens (tertiary/aromatic N) is 6. The smallest absolute Gasteiger partial charge is 0.190 e. The van der Waals surface area contributed by atoms with Crippen molar-refractivity contribution in [2.24, 2.45) is 5.11 Å². The number of aromatic nitrogens is 3. The summed E-state index contributed by atoms with van der Waals surface area (Å²) in [5, 5.41) is 10.3. The number of pyridine rings is 2. The van der Waals surface area contributed by atoms with Gasteiger partial charge in [-0.05, 0) is 56.1 Å². The standard InChI is InChI=1S/C21H21FN4O2.C6H7N5/c1-12(25-11-16-5-4-8-24-21(16)23)9-19(27)17-7-6-15(10-18(17)22)20-13(2)26-28-14(20)3;7-6-5(4-10-11-8)2-1-3-9-6/h4-10,25H,11H2,1-3H3,(H2,23,24);1-3H,4H2,(H2,7,9)/b12-9-;. The molecule has 11 nitrogen and oxygen atoms in total. The van der Waals surface area contributed by atoms with Crippen molar-refractivity contribution < 1.29 is 13.7 Å². The van der Waals surface area contributed by atoms with E-state index >= 15 is 0 Å².